The number of hydrogen-bond acceptors (Lipinski definition) is 6. The molecule has 0 radical (unpaired) electrons. The quantitative estimate of drug-likeness (QED) is 0.705. The highest BCUT2D eigenvalue weighted by atomic mass is 16.8. The van der Waals surface area contributed by atoms with Gasteiger partial charge in [-0.25, -0.2) is 9.63 Å². The van der Waals surface area contributed by atoms with Crippen LogP contribution in [-0.2, 0) is 23.9 Å². The van der Waals surface area contributed by atoms with E-state index in [0.29, 0.717) is 26.0 Å². The minimum atomic E-state index is -1.03. The zero-order valence-corrected chi connectivity index (χ0v) is 15.6. The molecule has 2 saturated heterocycles. The molecule has 0 aromatic rings. The van der Waals surface area contributed by atoms with Crippen LogP contribution in [-0.4, -0.2) is 84.5 Å². The third-order valence-electron chi connectivity index (χ3n) is 5.04. The number of carbonyl (C=O) groups is 3. The number of carbonyl (C=O) groups excluding carboxylic acids is 3. The first-order valence-electron chi connectivity index (χ1n) is 9.11. The number of ether oxygens (including phenoxy) is 2. The third kappa shape index (κ3) is 3.37. The molecule has 146 valence electrons. The van der Waals surface area contributed by atoms with Gasteiger partial charge in [0.05, 0.1) is 19.8 Å². The smallest absolute Gasteiger partial charge is 0.436 e. The largest absolute Gasteiger partial charge is 0.448 e. The Morgan fingerprint density at radius 3 is 2.65 bits per heavy atom. The molecule has 1 atom stereocenters. The van der Waals surface area contributed by atoms with Gasteiger partial charge in [-0.2, -0.15) is 5.06 Å². The van der Waals surface area contributed by atoms with Crippen molar-refractivity contribution in [3.8, 4) is 0 Å². The lowest BCUT2D eigenvalue weighted by Crippen LogP contribution is -2.75. The Kier molecular flexibility index (Phi) is 5.38. The average molecular weight is 369 g/mol. The van der Waals surface area contributed by atoms with Crippen molar-refractivity contribution in [2.75, 3.05) is 40.0 Å². The van der Waals surface area contributed by atoms with Crippen molar-refractivity contribution >= 4 is 17.9 Å². The highest BCUT2D eigenvalue weighted by molar-refractivity contribution is 5.92. The predicted molar refractivity (Wildman–Crippen MR) is 89.6 cm³/mol. The first-order chi connectivity index (χ1) is 12.4. The Hall–Kier alpha value is -1.87. The maximum Gasteiger partial charge on any atom is 0.436 e. The summed E-state index contributed by atoms with van der Waals surface area (Å²) in [4.78, 5) is 46.8. The zero-order chi connectivity index (χ0) is 18.9. The number of hydrogen-bond donors (Lipinski definition) is 0. The van der Waals surface area contributed by atoms with Crippen LogP contribution in [0.2, 0.25) is 0 Å². The third-order valence-corrected chi connectivity index (χ3v) is 5.04. The highest BCUT2D eigenvalue weighted by Gasteiger charge is 2.59. The number of amides is 3. The van der Waals surface area contributed by atoms with Gasteiger partial charge in [0, 0.05) is 13.7 Å². The molecule has 9 heteroatoms. The standard InChI is InChI=1S/C17H27N3O6/c1-12(2)11-25-16(23)20-13-9-18(7-8-24-3)14(21)10-19(13)15(22)17(26-20)5-4-6-17/h12-13H,4-11H2,1-3H3. The van der Waals surface area contributed by atoms with Crippen molar-refractivity contribution in [2.24, 2.45) is 5.92 Å². The lowest BCUT2D eigenvalue weighted by atomic mass is 9.78. The van der Waals surface area contributed by atoms with Crippen molar-refractivity contribution in [1.82, 2.24) is 14.9 Å². The van der Waals surface area contributed by atoms with E-state index in [2.05, 4.69) is 0 Å². The Bertz CT molecular complexity index is 577. The molecule has 0 aromatic heterocycles. The van der Waals surface area contributed by atoms with Crippen molar-refractivity contribution in [3.05, 3.63) is 0 Å². The van der Waals surface area contributed by atoms with Crippen molar-refractivity contribution in [1.29, 1.82) is 0 Å². The Morgan fingerprint density at radius 1 is 1.35 bits per heavy atom. The van der Waals surface area contributed by atoms with E-state index in [1.165, 1.54) is 4.90 Å². The molecule has 3 rings (SSSR count). The maximum atomic E-state index is 12.9. The lowest BCUT2D eigenvalue weighted by molar-refractivity contribution is -0.309. The summed E-state index contributed by atoms with van der Waals surface area (Å²) in [6.07, 6.45) is 0.652. The number of rotatable bonds is 5. The molecule has 9 nitrogen and oxygen atoms in total. The van der Waals surface area contributed by atoms with Gasteiger partial charge in [-0.1, -0.05) is 13.8 Å². The predicted octanol–water partition coefficient (Wildman–Crippen LogP) is 0.592. The number of hydroxylamine groups is 2. The summed E-state index contributed by atoms with van der Waals surface area (Å²) < 4.78 is 10.4. The van der Waals surface area contributed by atoms with E-state index in [1.54, 1.807) is 12.0 Å². The number of piperazine rings is 1. The van der Waals surface area contributed by atoms with Crippen molar-refractivity contribution in [3.63, 3.8) is 0 Å². The molecule has 26 heavy (non-hydrogen) atoms. The molecule has 1 unspecified atom stereocenters. The van der Waals surface area contributed by atoms with Gasteiger partial charge in [0.25, 0.3) is 5.91 Å². The molecular weight excluding hydrogens is 342 g/mol. The van der Waals surface area contributed by atoms with Crippen LogP contribution in [0, 0.1) is 5.92 Å². The van der Waals surface area contributed by atoms with E-state index < -0.39 is 17.9 Å². The highest BCUT2D eigenvalue weighted by Crippen LogP contribution is 2.43. The van der Waals surface area contributed by atoms with Gasteiger partial charge in [0.1, 0.15) is 6.54 Å². The van der Waals surface area contributed by atoms with Gasteiger partial charge >= 0.3 is 6.09 Å². The van der Waals surface area contributed by atoms with Crippen LogP contribution in [0.1, 0.15) is 33.1 Å². The van der Waals surface area contributed by atoms with Crippen LogP contribution in [0.5, 0.6) is 0 Å². The molecule has 2 aliphatic heterocycles. The molecule has 0 N–H and O–H groups in total. The summed E-state index contributed by atoms with van der Waals surface area (Å²) in [5, 5.41) is 1.16. The summed E-state index contributed by atoms with van der Waals surface area (Å²) in [7, 11) is 1.56. The summed E-state index contributed by atoms with van der Waals surface area (Å²) in [5.74, 6) is -0.176. The SMILES string of the molecule is COCCN1CC2N(CC1=O)C(=O)C1(CCC1)ON2C(=O)OCC(C)C. The minimum Gasteiger partial charge on any atom is -0.448 e. The van der Waals surface area contributed by atoms with Gasteiger partial charge in [-0.05, 0) is 25.2 Å². The molecule has 0 bridgehead atoms. The molecular formula is C17H27N3O6. The molecule has 2 heterocycles. The number of fused-ring (bicyclic) bond motifs is 1. The first kappa shape index (κ1) is 18.9. The molecule has 3 amide bonds. The van der Waals surface area contributed by atoms with Crippen LogP contribution < -0.4 is 0 Å². The van der Waals surface area contributed by atoms with E-state index in [-0.39, 0.29) is 37.4 Å². The van der Waals surface area contributed by atoms with E-state index in [9.17, 15) is 14.4 Å². The fourth-order valence-electron chi connectivity index (χ4n) is 3.39. The fourth-order valence-corrected chi connectivity index (χ4v) is 3.39. The van der Waals surface area contributed by atoms with Crippen molar-refractivity contribution in [2.45, 2.75) is 44.9 Å². The van der Waals surface area contributed by atoms with E-state index >= 15 is 0 Å². The Morgan fingerprint density at radius 2 is 2.08 bits per heavy atom. The van der Waals surface area contributed by atoms with E-state index in [0.717, 1.165) is 11.5 Å². The topological polar surface area (TPSA) is 88.6 Å². The number of methoxy groups -OCH3 is 1. The minimum absolute atomic E-state index is 0.0632. The van der Waals surface area contributed by atoms with Gasteiger partial charge in [0.2, 0.25) is 5.91 Å². The van der Waals surface area contributed by atoms with Gasteiger partial charge < -0.3 is 19.3 Å². The second-order valence-corrected chi connectivity index (χ2v) is 7.48. The van der Waals surface area contributed by atoms with E-state index in [1.807, 2.05) is 13.8 Å². The summed E-state index contributed by atoms with van der Waals surface area (Å²) >= 11 is 0. The summed E-state index contributed by atoms with van der Waals surface area (Å²) in [6, 6.07) is 0. The summed E-state index contributed by atoms with van der Waals surface area (Å²) in [5.41, 5.74) is -1.03. The zero-order valence-electron chi connectivity index (χ0n) is 15.6. The molecule has 1 saturated carbocycles. The van der Waals surface area contributed by atoms with Crippen LogP contribution >= 0.6 is 0 Å². The second-order valence-electron chi connectivity index (χ2n) is 7.48. The maximum absolute atomic E-state index is 12.9. The van der Waals surface area contributed by atoms with Crippen LogP contribution in [0.15, 0.2) is 0 Å². The molecule has 1 spiro atoms. The van der Waals surface area contributed by atoms with Crippen molar-refractivity contribution < 1.29 is 28.7 Å². The van der Waals surface area contributed by atoms with Gasteiger partial charge in [0.15, 0.2) is 11.8 Å². The lowest BCUT2D eigenvalue weighted by Gasteiger charge is -2.55. The molecule has 0 aromatic carbocycles. The molecule has 3 aliphatic rings. The Labute approximate surface area is 153 Å². The van der Waals surface area contributed by atoms with Gasteiger partial charge in [-0.3, -0.25) is 9.59 Å². The van der Waals surface area contributed by atoms with Crippen LogP contribution in [0.4, 0.5) is 4.79 Å². The second kappa shape index (κ2) is 7.40. The average Bonchev–Trinajstić information content (AvgIpc) is 2.57. The first-order valence-corrected chi connectivity index (χ1v) is 9.11. The molecule has 3 fully saturated rings. The van der Waals surface area contributed by atoms with Crippen LogP contribution in [0.3, 0.4) is 0 Å². The van der Waals surface area contributed by atoms with E-state index in [4.69, 9.17) is 14.3 Å². The normalized spacial score (nSPS) is 24.8. The number of nitrogens with zero attached hydrogens (tertiary/aromatic N) is 3. The Balaban J connectivity index is 1.80. The van der Waals surface area contributed by atoms with Gasteiger partial charge in [-0.15, -0.1) is 0 Å². The molecule has 1 aliphatic carbocycles. The fraction of sp³-hybridized carbons (Fsp3) is 0.824. The van der Waals surface area contributed by atoms with Crippen LogP contribution in [0.25, 0.3) is 0 Å². The summed E-state index contributed by atoms with van der Waals surface area (Å²) in [6.45, 7) is 5.05. The monoisotopic (exact) mass is 369 g/mol.